The minimum absolute atomic E-state index is 0.0250. The number of nitrogen functional groups attached to an aromatic ring is 3. The number of nitrogens with two attached hydrogens (primary N) is 3. The van der Waals surface area contributed by atoms with E-state index in [2.05, 4.69) is 70.8 Å². The zero-order valence-corrected chi connectivity index (χ0v) is 59.6. The van der Waals surface area contributed by atoms with Crippen molar-refractivity contribution in [3.8, 4) is 86.1 Å². The number of carbonyl (C=O) groups is 3. The Hall–Kier alpha value is -14.0. The van der Waals surface area contributed by atoms with E-state index in [9.17, 15) is 37.8 Å². The van der Waals surface area contributed by atoms with Gasteiger partial charge in [0.25, 0.3) is 0 Å². The monoisotopic (exact) mass is 1460 g/mol. The van der Waals surface area contributed by atoms with E-state index in [1.54, 1.807) is 63.8 Å². The average Bonchev–Trinajstić information content (AvgIpc) is 1.45. The Morgan fingerprint density at radius 3 is 0.935 bits per heavy atom. The van der Waals surface area contributed by atoms with Crippen LogP contribution in [0.25, 0.3) is 67.9 Å². The Morgan fingerprint density at radius 1 is 0.407 bits per heavy atom. The van der Waals surface area contributed by atoms with Gasteiger partial charge in [-0.25, -0.2) is 57.1 Å². The molecule has 1 unspecified atom stereocenters. The largest absolute Gasteiger partial charge is 0.481 e. The number of nitrogens with zero attached hydrogens (tertiary/aromatic N) is 21. The molecule has 108 heavy (non-hydrogen) atoms. The summed E-state index contributed by atoms with van der Waals surface area (Å²) < 4.78 is 48.8. The molecule has 0 amide bonds. The van der Waals surface area contributed by atoms with Crippen LogP contribution in [0.1, 0.15) is 138 Å². The van der Waals surface area contributed by atoms with Crippen molar-refractivity contribution in [2.75, 3.05) is 17.2 Å². The number of carbonyl (C=O) groups excluding carboxylic acids is 1. The number of carboxylic acids is 2. The van der Waals surface area contributed by atoms with E-state index in [4.69, 9.17) is 38.0 Å². The summed E-state index contributed by atoms with van der Waals surface area (Å²) >= 11 is 0. The van der Waals surface area contributed by atoms with Crippen LogP contribution in [0.4, 0.5) is 31.0 Å². The highest BCUT2D eigenvalue weighted by atomic mass is 19.1. The number of nitriles is 3. The first-order valence-corrected chi connectivity index (χ1v) is 33.7. The molecule has 9 heterocycles. The smallest absolute Gasteiger partial charge is 0.304 e. The molecule has 0 bridgehead atoms. The van der Waals surface area contributed by atoms with Gasteiger partial charge in [-0.15, -0.1) is 15.3 Å². The number of anilines is 3. The summed E-state index contributed by atoms with van der Waals surface area (Å²) in [7, 11) is 0. The first-order chi connectivity index (χ1) is 51.7. The summed E-state index contributed by atoms with van der Waals surface area (Å²) in [5.74, 6) is -3.92. The van der Waals surface area contributed by atoms with Crippen LogP contribution < -0.4 is 17.2 Å². The number of aromatic nitrogens is 18. The van der Waals surface area contributed by atoms with Gasteiger partial charge in [0, 0.05) is 56.4 Å². The van der Waals surface area contributed by atoms with Crippen molar-refractivity contribution in [3.63, 3.8) is 0 Å². The molecule has 546 valence electrons. The van der Waals surface area contributed by atoms with Crippen molar-refractivity contribution < 1.29 is 37.8 Å². The van der Waals surface area contributed by atoms with Crippen LogP contribution in [0, 0.1) is 51.4 Å². The number of benzene rings is 3. The van der Waals surface area contributed by atoms with E-state index >= 15 is 0 Å². The lowest BCUT2D eigenvalue weighted by Gasteiger charge is -2.27. The lowest BCUT2D eigenvalue weighted by atomic mass is 9.79. The number of Topliss-reactive ketones (excluding diaryl/α,β-unsaturated/α-hetero) is 1. The Morgan fingerprint density at radius 2 is 0.676 bits per heavy atom. The fraction of sp³-hybridized carbons (Fsp3) is 0.250. The summed E-state index contributed by atoms with van der Waals surface area (Å²) in [6, 6.07) is 40.2. The minimum atomic E-state index is -0.879. The normalized spacial score (nSPS) is 12.6. The molecule has 0 radical (unpaired) electrons. The van der Waals surface area contributed by atoms with Gasteiger partial charge < -0.3 is 27.4 Å². The van der Waals surface area contributed by atoms with Gasteiger partial charge in [0.15, 0.2) is 0 Å². The maximum absolute atomic E-state index is 14.7. The first-order valence-electron chi connectivity index (χ1n) is 33.7. The molecule has 32 heteroatoms. The fourth-order valence-electron chi connectivity index (χ4n) is 11.7. The zero-order valence-electron chi connectivity index (χ0n) is 59.6. The third-order valence-corrected chi connectivity index (χ3v) is 18.1. The predicted octanol–water partition coefficient (Wildman–Crippen LogP) is 11.2. The molecule has 0 aliphatic carbocycles. The molecule has 12 aromatic rings. The van der Waals surface area contributed by atoms with Crippen LogP contribution >= 0.6 is 0 Å². The highest BCUT2D eigenvalue weighted by molar-refractivity contribution is 5.77. The number of hydrogen-bond donors (Lipinski definition) is 5. The molecule has 0 saturated heterocycles. The maximum Gasteiger partial charge on any atom is 0.304 e. The summed E-state index contributed by atoms with van der Waals surface area (Å²) in [5.41, 5.74) is 23.5. The molecule has 9 aromatic heterocycles. The van der Waals surface area contributed by atoms with E-state index in [0.29, 0.717) is 95.8 Å². The molecular formula is C76H71F3N24O5. The average molecular weight is 1460 g/mol. The number of aliphatic carboxylic acids is 2. The van der Waals surface area contributed by atoms with Gasteiger partial charge in [-0.3, -0.25) is 29.3 Å². The van der Waals surface area contributed by atoms with Crippen LogP contribution in [0.15, 0.2) is 146 Å². The van der Waals surface area contributed by atoms with Crippen LogP contribution in [-0.4, -0.2) is 118 Å². The fourth-order valence-corrected chi connectivity index (χ4v) is 11.7. The third kappa shape index (κ3) is 18.1. The topological polar surface area (TPSA) is 449 Å². The quantitative estimate of drug-likeness (QED) is 0.0375. The molecule has 0 aliphatic rings. The lowest BCUT2D eigenvalue weighted by molar-refractivity contribution is -0.139. The van der Waals surface area contributed by atoms with Crippen LogP contribution in [0.3, 0.4) is 0 Å². The SMILES string of the molecule is CCC(C)(CC(C)=O)c1cccc(Cn2cc(-c3cc(-c4cccc(C#N)c4F)nc(N)n3)nn2)n1.CC[C@@](C)(CC(=O)O)c1cccc(Cn2cc(-c3cc(-c4cccc(C#N)c4F)nc(N)n3)nn2)n1.CC[C@](C)(CC(=O)O)c1cccc(Cn2cc(-c3cc(-c4cccc(C#N)c4F)nc(N)n3)nn2)n1. The Bertz CT molecular complexity index is 4960. The van der Waals surface area contributed by atoms with E-state index in [1.807, 2.05) is 114 Å². The van der Waals surface area contributed by atoms with Crippen molar-refractivity contribution in [1.29, 1.82) is 15.8 Å². The highest BCUT2D eigenvalue weighted by Gasteiger charge is 2.32. The Labute approximate surface area is 616 Å². The standard InChI is InChI=1S/C26H25FN8O.2C25H23FN8O2/c1-4-26(3,12-16(2)36)23-10-6-8-18(30-23)14-35-15-22(33-34-35)21-11-20(31-25(29)32-21)19-9-5-7-17(13-28)24(19)27;2*1-3-25(2,11-22(35)36)21-9-5-7-16(29-21)13-34-14-20(32-33-34)19-10-18(30-24(28)31-19)17-8-4-6-15(12-27)23(17)26/h5-11,15H,4,12,14H2,1-3H3,(H2,29,31,32);2*4-10,14H,3,11,13H2,1-2H3,(H,35,36)(H2,28,30,31)/t;2*25-/m.10/s1. The number of hydrogen-bond acceptors (Lipinski definition) is 24. The van der Waals surface area contributed by atoms with Gasteiger partial charge in [0.05, 0.1) is 119 Å². The Balaban J connectivity index is 0.000000173. The number of ketones is 1. The van der Waals surface area contributed by atoms with Gasteiger partial charge in [-0.1, -0.05) is 93.6 Å². The lowest BCUT2D eigenvalue weighted by Crippen LogP contribution is -2.26. The van der Waals surface area contributed by atoms with E-state index in [0.717, 1.165) is 17.8 Å². The van der Waals surface area contributed by atoms with Gasteiger partial charge in [-0.2, -0.15) is 15.8 Å². The van der Waals surface area contributed by atoms with Crippen LogP contribution in [0.5, 0.6) is 0 Å². The highest BCUT2D eigenvalue weighted by Crippen LogP contribution is 2.35. The predicted molar refractivity (Wildman–Crippen MR) is 389 cm³/mol. The van der Waals surface area contributed by atoms with Gasteiger partial charge in [0.2, 0.25) is 17.8 Å². The molecular weight excluding hydrogens is 1390 g/mol. The summed E-state index contributed by atoms with van der Waals surface area (Å²) in [6.45, 7) is 14.3. The zero-order chi connectivity index (χ0) is 77.6. The van der Waals surface area contributed by atoms with Crippen molar-refractivity contribution >= 4 is 35.6 Å². The molecule has 0 aliphatic heterocycles. The summed E-state index contributed by atoms with van der Waals surface area (Å²) in [4.78, 5) is 73.6. The van der Waals surface area contributed by atoms with Crippen LogP contribution in [0.2, 0.25) is 0 Å². The second-order valence-corrected chi connectivity index (χ2v) is 26.0. The number of carboxylic acid groups (broad SMARTS) is 2. The summed E-state index contributed by atoms with van der Waals surface area (Å²) in [5, 5.41) is 70.9. The molecule has 8 N–H and O–H groups in total. The number of rotatable bonds is 24. The van der Waals surface area contributed by atoms with E-state index in [-0.39, 0.29) is 92.3 Å². The van der Waals surface area contributed by atoms with E-state index in [1.165, 1.54) is 48.5 Å². The number of pyridine rings is 3. The third-order valence-electron chi connectivity index (χ3n) is 18.1. The minimum Gasteiger partial charge on any atom is -0.481 e. The molecule has 12 rings (SSSR count). The molecule has 3 aromatic carbocycles. The first kappa shape index (κ1) is 76.7. The van der Waals surface area contributed by atoms with Gasteiger partial charge in [0.1, 0.15) is 58.5 Å². The Kier molecular flexibility index (Phi) is 23.6. The van der Waals surface area contributed by atoms with Gasteiger partial charge in [-0.05, 0) is 117 Å². The molecule has 29 nitrogen and oxygen atoms in total. The van der Waals surface area contributed by atoms with Crippen molar-refractivity contribution in [2.24, 2.45) is 0 Å². The second-order valence-electron chi connectivity index (χ2n) is 26.0. The maximum atomic E-state index is 14.7. The molecule has 3 atom stereocenters. The summed E-state index contributed by atoms with van der Waals surface area (Å²) in [6.07, 6.45) is 7.39. The van der Waals surface area contributed by atoms with Crippen molar-refractivity contribution in [1.82, 2.24) is 89.8 Å². The van der Waals surface area contributed by atoms with Crippen molar-refractivity contribution in [2.45, 2.75) is 123 Å². The van der Waals surface area contributed by atoms with E-state index < -0.39 is 40.2 Å². The molecule has 0 fully saturated rings. The van der Waals surface area contributed by atoms with Crippen molar-refractivity contribution in [3.05, 3.63) is 214 Å². The van der Waals surface area contributed by atoms with Crippen LogP contribution in [-0.2, 0) is 50.3 Å². The number of halogens is 3. The molecule has 0 spiro atoms. The van der Waals surface area contributed by atoms with Gasteiger partial charge >= 0.3 is 11.9 Å². The second kappa shape index (κ2) is 33.2. The molecule has 0 saturated carbocycles.